The van der Waals surface area contributed by atoms with Gasteiger partial charge in [0, 0.05) is 5.56 Å². The van der Waals surface area contributed by atoms with Gasteiger partial charge in [0.2, 0.25) is 5.79 Å². The van der Waals surface area contributed by atoms with Gasteiger partial charge in [-0.15, -0.1) is 12.4 Å². The fourth-order valence-electron chi connectivity index (χ4n) is 1.55. The molecule has 0 radical (unpaired) electrons. The SMILES string of the molecule is Cl.NCC1(c2ccccc2)OCCO1. The van der Waals surface area contributed by atoms with Crippen LogP contribution in [0.1, 0.15) is 5.56 Å². The van der Waals surface area contributed by atoms with Crippen molar-refractivity contribution >= 4 is 12.4 Å². The van der Waals surface area contributed by atoms with Crippen LogP contribution in [0.5, 0.6) is 0 Å². The van der Waals surface area contributed by atoms with E-state index in [1.807, 2.05) is 30.3 Å². The van der Waals surface area contributed by atoms with Crippen LogP contribution in [0.15, 0.2) is 30.3 Å². The fourth-order valence-corrected chi connectivity index (χ4v) is 1.55. The molecule has 0 amide bonds. The summed E-state index contributed by atoms with van der Waals surface area (Å²) in [6.45, 7) is 1.59. The highest BCUT2D eigenvalue weighted by atomic mass is 35.5. The molecule has 1 fully saturated rings. The summed E-state index contributed by atoms with van der Waals surface area (Å²) in [5.74, 6) is -0.693. The van der Waals surface area contributed by atoms with Crippen LogP contribution in [-0.4, -0.2) is 19.8 Å². The molecule has 3 nitrogen and oxygen atoms in total. The molecule has 1 heterocycles. The summed E-state index contributed by atoms with van der Waals surface area (Å²) in [5, 5.41) is 0. The number of rotatable bonds is 2. The lowest BCUT2D eigenvalue weighted by Crippen LogP contribution is -2.35. The van der Waals surface area contributed by atoms with Crippen LogP contribution in [0.4, 0.5) is 0 Å². The quantitative estimate of drug-likeness (QED) is 0.808. The first kappa shape index (κ1) is 11.5. The second-order valence-electron chi connectivity index (χ2n) is 3.02. The van der Waals surface area contributed by atoms with Crippen molar-refractivity contribution in [1.29, 1.82) is 0 Å². The van der Waals surface area contributed by atoms with E-state index in [2.05, 4.69) is 0 Å². The van der Waals surface area contributed by atoms with Crippen molar-refractivity contribution in [2.45, 2.75) is 5.79 Å². The molecule has 0 saturated carbocycles. The van der Waals surface area contributed by atoms with Gasteiger partial charge in [-0.05, 0) is 0 Å². The van der Waals surface area contributed by atoms with Gasteiger partial charge >= 0.3 is 0 Å². The summed E-state index contributed by atoms with van der Waals surface area (Å²) in [7, 11) is 0. The molecule has 1 aliphatic rings. The average Bonchev–Trinajstić information content (AvgIpc) is 2.69. The molecule has 0 aliphatic carbocycles. The van der Waals surface area contributed by atoms with Crippen molar-refractivity contribution in [3.05, 3.63) is 35.9 Å². The third-order valence-electron chi connectivity index (χ3n) is 2.24. The maximum Gasteiger partial charge on any atom is 0.207 e. The third-order valence-corrected chi connectivity index (χ3v) is 2.24. The zero-order valence-electron chi connectivity index (χ0n) is 7.81. The Morgan fingerprint density at radius 3 is 2.21 bits per heavy atom. The van der Waals surface area contributed by atoms with Gasteiger partial charge in [-0.2, -0.15) is 0 Å². The molecule has 0 aromatic heterocycles. The summed E-state index contributed by atoms with van der Waals surface area (Å²) in [6.07, 6.45) is 0. The van der Waals surface area contributed by atoms with Crippen LogP contribution in [0.25, 0.3) is 0 Å². The van der Waals surface area contributed by atoms with Gasteiger partial charge in [0.05, 0.1) is 19.8 Å². The zero-order chi connectivity index (χ0) is 9.15. The topological polar surface area (TPSA) is 44.5 Å². The summed E-state index contributed by atoms with van der Waals surface area (Å²) < 4.78 is 11.1. The molecule has 14 heavy (non-hydrogen) atoms. The molecule has 1 aromatic rings. The average molecular weight is 216 g/mol. The molecule has 0 spiro atoms. The summed E-state index contributed by atoms with van der Waals surface area (Å²) in [6, 6.07) is 9.81. The van der Waals surface area contributed by atoms with Crippen LogP contribution < -0.4 is 5.73 Å². The van der Waals surface area contributed by atoms with Crippen molar-refractivity contribution in [3.8, 4) is 0 Å². The first-order chi connectivity index (χ1) is 6.37. The van der Waals surface area contributed by atoms with Crippen molar-refractivity contribution in [2.75, 3.05) is 19.8 Å². The Hall–Kier alpha value is -0.610. The lowest BCUT2D eigenvalue weighted by Gasteiger charge is -2.25. The monoisotopic (exact) mass is 215 g/mol. The molecular formula is C10H14ClNO2. The predicted molar refractivity (Wildman–Crippen MR) is 56.3 cm³/mol. The Bertz CT molecular complexity index is 273. The fraction of sp³-hybridized carbons (Fsp3) is 0.400. The van der Waals surface area contributed by atoms with Crippen molar-refractivity contribution in [1.82, 2.24) is 0 Å². The van der Waals surface area contributed by atoms with E-state index in [1.165, 1.54) is 0 Å². The molecule has 2 N–H and O–H groups in total. The standard InChI is InChI=1S/C10H13NO2.ClH/c11-8-10(12-6-7-13-10)9-4-2-1-3-5-9;/h1-5H,6-8,11H2;1H. The van der Waals surface area contributed by atoms with Gasteiger partial charge in [0.15, 0.2) is 0 Å². The minimum Gasteiger partial charge on any atom is -0.342 e. The predicted octanol–water partition coefficient (Wildman–Crippen LogP) is 1.27. The second kappa shape index (κ2) is 4.75. The lowest BCUT2D eigenvalue weighted by atomic mass is 10.1. The Labute approximate surface area is 89.6 Å². The van der Waals surface area contributed by atoms with E-state index in [9.17, 15) is 0 Å². The number of hydrogen-bond acceptors (Lipinski definition) is 3. The maximum atomic E-state index is 5.65. The number of ether oxygens (including phenoxy) is 2. The largest absolute Gasteiger partial charge is 0.342 e. The van der Waals surface area contributed by atoms with Crippen LogP contribution in [0.2, 0.25) is 0 Å². The minimum atomic E-state index is -0.693. The van der Waals surface area contributed by atoms with Crippen molar-refractivity contribution in [3.63, 3.8) is 0 Å². The molecular weight excluding hydrogens is 202 g/mol. The van der Waals surface area contributed by atoms with Gasteiger partial charge in [-0.1, -0.05) is 30.3 Å². The Morgan fingerprint density at radius 2 is 1.71 bits per heavy atom. The molecule has 0 unspecified atom stereocenters. The maximum absolute atomic E-state index is 5.65. The highest BCUT2D eigenvalue weighted by molar-refractivity contribution is 5.85. The molecule has 78 valence electrons. The Kier molecular flexibility index (Phi) is 3.89. The molecule has 2 rings (SSSR count). The van der Waals surface area contributed by atoms with Gasteiger partial charge in [0.25, 0.3) is 0 Å². The third kappa shape index (κ3) is 1.91. The summed E-state index contributed by atoms with van der Waals surface area (Å²) in [4.78, 5) is 0. The van der Waals surface area contributed by atoms with Crippen LogP contribution in [-0.2, 0) is 15.3 Å². The first-order valence-electron chi connectivity index (χ1n) is 4.41. The molecule has 4 heteroatoms. The Morgan fingerprint density at radius 1 is 1.14 bits per heavy atom. The first-order valence-corrected chi connectivity index (χ1v) is 4.41. The van der Waals surface area contributed by atoms with Crippen LogP contribution in [0, 0.1) is 0 Å². The van der Waals surface area contributed by atoms with Gasteiger partial charge < -0.3 is 15.2 Å². The van der Waals surface area contributed by atoms with E-state index in [-0.39, 0.29) is 12.4 Å². The van der Waals surface area contributed by atoms with E-state index in [0.29, 0.717) is 19.8 Å². The second-order valence-corrected chi connectivity index (χ2v) is 3.02. The van der Waals surface area contributed by atoms with Gasteiger partial charge in [0.1, 0.15) is 0 Å². The summed E-state index contributed by atoms with van der Waals surface area (Å²) >= 11 is 0. The number of benzene rings is 1. The number of nitrogens with two attached hydrogens (primary N) is 1. The van der Waals surface area contributed by atoms with E-state index in [0.717, 1.165) is 5.56 Å². The zero-order valence-corrected chi connectivity index (χ0v) is 8.63. The minimum absolute atomic E-state index is 0. The van der Waals surface area contributed by atoms with Gasteiger partial charge in [-0.3, -0.25) is 0 Å². The molecule has 1 saturated heterocycles. The molecule has 1 aliphatic heterocycles. The van der Waals surface area contributed by atoms with Gasteiger partial charge in [-0.25, -0.2) is 0 Å². The van der Waals surface area contributed by atoms with E-state index in [1.54, 1.807) is 0 Å². The Balaban J connectivity index is 0.000000980. The molecule has 0 atom stereocenters. The number of hydrogen-bond donors (Lipinski definition) is 1. The number of halogens is 1. The normalized spacial score (nSPS) is 18.9. The lowest BCUT2D eigenvalue weighted by molar-refractivity contribution is -0.156. The molecule has 1 aromatic carbocycles. The van der Waals surface area contributed by atoms with Crippen LogP contribution >= 0.6 is 12.4 Å². The van der Waals surface area contributed by atoms with E-state index in [4.69, 9.17) is 15.2 Å². The molecule has 0 bridgehead atoms. The van der Waals surface area contributed by atoms with Crippen LogP contribution in [0.3, 0.4) is 0 Å². The summed E-state index contributed by atoms with van der Waals surface area (Å²) in [5.41, 5.74) is 6.65. The van der Waals surface area contributed by atoms with Crippen molar-refractivity contribution < 1.29 is 9.47 Å². The van der Waals surface area contributed by atoms with E-state index < -0.39 is 5.79 Å². The smallest absolute Gasteiger partial charge is 0.207 e. The highest BCUT2D eigenvalue weighted by Crippen LogP contribution is 2.29. The highest BCUT2D eigenvalue weighted by Gasteiger charge is 2.36. The van der Waals surface area contributed by atoms with E-state index >= 15 is 0 Å². The van der Waals surface area contributed by atoms with Crippen molar-refractivity contribution in [2.24, 2.45) is 5.73 Å².